The second-order valence-electron chi connectivity index (χ2n) is 6.00. The lowest BCUT2D eigenvalue weighted by atomic mass is 10.1. The van der Waals surface area contributed by atoms with Gasteiger partial charge in [0.15, 0.2) is 6.61 Å². The molecule has 0 radical (unpaired) electrons. The lowest BCUT2D eigenvalue weighted by Gasteiger charge is -2.25. The van der Waals surface area contributed by atoms with Gasteiger partial charge in [-0.2, -0.15) is 8.78 Å². The minimum absolute atomic E-state index is 0.0558. The Morgan fingerprint density at radius 2 is 1.61 bits per heavy atom. The molecule has 0 saturated carbocycles. The van der Waals surface area contributed by atoms with Crippen LogP contribution in [-0.4, -0.2) is 44.6 Å². The molecule has 28 heavy (non-hydrogen) atoms. The van der Waals surface area contributed by atoms with Crippen LogP contribution in [0.25, 0.3) is 0 Å². The quantitative estimate of drug-likeness (QED) is 0.654. The fraction of sp³-hybridized carbons (Fsp3) is 0.263. The van der Waals surface area contributed by atoms with Crippen molar-refractivity contribution in [2.75, 3.05) is 13.7 Å². The fourth-order valence-electron chi connectivity index (χ4n) is 2.37. The van der Waals surface area contributed by atoms with Crippen molar-refractivity contribution in [3.05, 3.63) is 65.7 Å². The van der Waals surface area contributed by atoms with Crippen LogP contribution in [0.4, 0.5) is 8.78 Å². The lowest BCUT2D eigenvalue weighted by molar-refractivity contribution is -0.135. The largest absolute Gasteiger partial charge is 0.452 e. The molecule has 0 saturated heterocycles. The number of ether oxygens (including phenoxy) is 1. The minimum Gasteiger partial charge on any atom is -0.452 e. The molecule has 0 heterocycles. The second-order valence-corrected chi connectivity index (χ2v) is 7.92. The summed E-state index contributed by atoms with van der Waals surface area (Å²) in [4.78, 5) is 25.1. The molecule has 2 aromatic carbocycles. The van der Waals surface area contributed by atoms with Crippen molar-refractivity contribution < 1.29 is 31.5 Å². The van der Waals surface area contributed by atoms with Gasteiger partial charge < -0.3 is 9.64 Å². The first-order chi connectivity index (χ1) is 13.1. The van der Waals surface area contributed by atoms with Gasteiger partial charge in [-0.25, -0.2) is 13.2 Å². The Morgan fingerprint density at radius 3 is 2.14 bits per heavy atom. The summed E-state index contributed by atoms with van der Waals surface area (Å²) >= 11 is 0. The highest BCUT2D eigenvalue weighted by atomic mass is 32.2. The van der Waals surface area contributed by atoms with Crippen LogP contribution in [-0.2, 0) is 19.4 Å². The van der Waals surface area contributed by atoms with Crippen LogP contribution in [0.15, 0.2) is 59.5 Å². The number of esters is 1. The molecule has 2 aromatic rings. The van der Waals surface area contributed by atoms with E-state index in [1.54, 1.807) is 7.05 Å². The number of nitrogens with zero attached hydrogens (tertiary/aromatic N) is 1. The predicted octanol–water partition coefficient (Wildman–Crippen LogP) is 3.06. The third kappa shape index (κ3) is 4.92. The van der Waals surface area contributed by atoms with Gasteiger partial charge in [0.25, 0.3) is 5.91 Å². The summed E-state index contributed by atoms with van der Waals surface area (Å²) in [5.74, 6) is -4.85. The maximum absolute atomic E-state index is 12.5. The summed E-state index contributed by atoms with van der Waals surface area (Å²) in [5, 5.41) is 0. The average Bonchev–Trinajstić information content (AvgIpc) is 2.71. The number of sulfone groups is 1. The fourth-order valence-corrected chi connectivity index (χ4v) is 3.09. The van der Waals surface area contributed by atoms with E-state index in [0.29, 0.717) is 0 Å². The summed E-state index contributed by atoms with van der Waals surface area (Å²) in [7, 11) is -3.16. The molecule has 1 atom stereocenters. The van der Waals surface area contributed by atoms with Gasteiger partial charge in [0.1, 0.15) is 0 Å². The number of rotatable bonds is 7. The highest BCUT2D eigenvalue weighted by Gasteiger charge is 2.26. The van der Waals surface area contributed by atoms with Gasteiger partial charge in [0.05, 0.1) is 16.5 Å². The summed E-state index contributed by atoms with van der Waals surface area (Å²) in [5.41, 5.74) is 0.861. The first-order valence-corrected chi connectivity index (χ1v) is 9.79. The molecule has 0 aromatic heterocycles. The molecule has 0 N–H and O–H groups in total. The molecule has 1 amide bonds. The van der Waals surface area contributed by atoms with Gasteiger partial charge in [-0.1, -0.05) is 30.3 Å². The number of amides is 1. The predicted molar refractivity (Wildman–Crippen MR) is 97.5 cm³/mol. The van der Waals surface area contributed by atoms with Gasteiger partial charge in [0.2, 0.25) is 9.84 Å². The molecule has 6 nitrogen and oxygen atoms in total. The Balaban J connectivity index is 1.97. The SMILES string of the molecule is C[C@H](c1ccccc1)N(C)C(=O)COC(=O)c1ccc(S(=O)(=O)C(F)F)cc1. The molecule has 0 aliphatic heterocycles. The van der Waals surface area contributed by atoms with Crippen LogP contribution in [0.3, 0.4) is 0 Å². The van der Waals surface area contributed by atoms with Crippen molar-refractivity contribution in [2.24, 2.45) is 0 Å². The molecule has 0 bridgehead atoms. The minimum atomic E-state index is -4.74. The van der Waals surface area contributed by atoms with Crippen LogP contribution in [0.5, 0.6) is 0 Å². The first-order valence-electron chi connectivity index (χ1n) is 8.24. The van der Waals surface area contributed by atoms with Crippen LogP contribution < -0.4 is 0 Å². The maximum Gasteiger partial charge on any atom is 0.341 e. The second kappa shape index (κ2) is 8.92. The molecule has 0 fully saturated rings. The molecule has 9 heteroatoms. The van der Waals surface area contributed by atoms with Crippen molar-refractivity contribution in [2.45, 2.75) is 23.6 Å². The molecule has 150 valence electrons. The highest BCUT2D eigenvalue weighted by molar-refractivity contribution is 7.91. The monoisotopic (exact) mass is 411 g/mol. The van der Waals surface area contributed by atoms with Crippen molar-refractivity contribution in [1.82, 2.24) is 4.90 Å². The summed E-state index contributed by atoms with van der Waals surface area (Å²) in [6.45, 7) is 1.32. The summed E-state index contributed by atoms with van der Waals surface area (Å²) < 4.78 is 52.7. The number of hydrogen-bond acceptors (Lipinski definition) is 5. The lowest BCUT2D eigenvalue weighted by Crippen LogP contribution is -2.33. The molecule has 0 aliphatic carbocycles. The van der Waals surface area contributed by atoms with E-state index in [1.807, 2.05) is 37.3 Å². The van der Waals surface area contributed by atoms with Crippen molar-refractivity contribution in [1.29, 1.82) is 0 Å². The molecule has 2 rings (SSSR count). The summed E-state index contributed by atoms with van der Waals surface area (Å²) in [6, 6.07) is 13.0. The number of alkyl halides is 2. The molecule has 0 spiro atoms. The Hall–Kier alpha value is -2.81. The van der Waals surface area contributed by atoms with E-state index < -0.39 is 39.0 Å². The number of carbonyl (C=O) groups excluding carboxylic acids is 2. The number of carbonyl (C=O) groups is 2. The Morgan fingerprint density at radius 1 is 1.04 bits per heavy atom. The van der Waals surface area contributed by atoms with Crippen molar-refractivity contribution in [3.8, 4) is 0 Å². The maximum atomic E-state index is 12.5. The van der Waals surface area contributed by atoms with E-state index in [1.165, 1.54) is 4.90 Å². The smallest absolute Gasteiger partial charge is 0.341 e. The number of benzene rings is 2. The van der Waals surface area contributed by atoms with E-state index >= 15 is 0 Å². The van der Waals surface area contributed by atoms with E-state index in [9.17, 15) is 26.8 Å². The third-order valence-corrected chi connectivity index (χ3v) is 5.63. The Labute approximate surface area is 161 Å². The average molecular weight is 411 g/mol. The third-order valence-electron chi connectivity index (χ3n) is 4.24. The Bertz CT molecular complexity index is 931. The van der Waals surface area contributed by atoms with E-state index in [2.05, 4.69) is 0 Å². The van der Waals surface area contributed by atoms with Crippen LogP contribution in [0.2, 0.25) is 0 Å². The molecular weight excluding hydrogens is 392 g/mol. The summed E-state index contributed by atoms with van der Waals surface area (Å²) in [6.07, 6.45) is 0. The molecular formula is C19H19F2NO5S. The number of hydrogen-bond donors (Lipinski definition) is 0. The van der Waals surface area contributed by atoms with E-state index in [-0.39, 0.29) is 11.6 Å². The standard InChI is InChI=1S/C19H19F2NO5S/c1-13(14-6-4-3-5-7-14)22(2)17(23)12-27-18(24)15-8-10-16(11-9-15)28(25,26)19(20)21/h3-11,13,19H,12H2,1-2H3/t13-/m1/s1. The first kappa shape index (κ1) is 21.5. The topological polar surface area (TPSA) is 80.8 Å². The van der Waals surface area contributed by atoms with E-state index in [0.717, 1.165) is 29.8 Å². The molecule has 0 aliphatic rings. The van der Waals surface area contributed by atoms with Crippen LogP contribution in [0, 0.1) is 0 Å². The van der Waals surface area contributed by atoms with Gasteiger partial charge in [-0.3, -0.25) is 4.79 Å². The number of halogens is 2. The normalized spacial score (nSPS) is 12.5. The van der Waals surface area contributed by atoms with Crippen molar-refractivity contribution >= 4 is 21.7 Å². The van der Waals surface area contributed by atoms with Gasteiger partial charge in [0, 0.05) is 7.05 Å². The zero-order chi connectivity index (χ0) is 20.9. The van der Waals surface area contributed by atoms with Gasteiger partial charge in [-0.05, 0) is 36.8 Å². The van der Waals surface area contributed by atoms with E-state index in [4.69, 9.17) is 4.74 Å². The molecule has 0 unspecified atom stereocenters. The number of likely N-dealkylation sites (N-methyl/N-ethyl adjacent to an activating group) is 1. The zero-order valence-electron chi connectivity index (χ0n) is 15.2. The van der Waals surface area contributed by atoms with Gasteiger partial charge in [-0.15, -0.1) is 0 Å². The van der Waals surface area contributed by atoms with Crippen LogP contribution >= 0.6 is 0 Å². The van der Waals surface area contributed by atoms with Gasteiger partial charge >= 0.3 is 11.7 Å². The Kier molecular flexibility index (Phi) is 6.85. The van der Waals surface area contributed by atoms with Crippen molar-refractivity contribution in [3.63, 3.8) is 0 Å². The highest BCUT2D eigenvalue weighted by Crippen LogP contribution is 2.20. The van der Waals surface area contributed by atoms with Crippen LogP contribution in [0.1, 0.15) is 28.9 Å². The zero-order valence-corrected chi connectivity index (χ0v) is 16.0.